The first-order valence-electron chi connectivity index (χ1n) is 3.52. The molecule has 1 aromatic rings. The van der Waals surface area contributed by atoms with Crippen LogP contribution in [0.15, 0.2) is 23.1 Å². The Hall–Kier alpha value is -0.850. The number of hydrogen-bond donors (Lipinski definition) is 0. The molecule has 0 atom stereocenters. The summed E-state index contributed by atoms with van der Waals surface area (Å²) in [4.78, 5) is -0.530. The minimum atomic E-state index is -4.65. The molecule has 0 bridgehead atoms. The summed E-state index contributed by atoms with van der Waals surface area (Å²) in [5.74, 6) is 0. The molecule has 0 aliphatic rings. The highest BCUT2D eigenvalue weighted by atomic mass is 32.2. The monoisotopic (exact) mass is 245 g/mol. The Balaban J connectivity index is 2.94. The van der Waals surface area contributed by atoms with Gasteiger partial charge in [-0.05, 0) is 36.0 Å². The number of halogens is 6. The van der Waals surface area contributed by atoms with Gasteiger partial charge in [-0.3, -0.25) is 0 Å². The molecule has 0 fully saturated rings. The Bertz CT molecular complexity index is 340. The van der Waals surface area contributed by atoms with Crippen molar-refractivity contribution in [2.24, 2.45) is 0 Å². The van der Waals surface area contributed by atoms with Gasteiger partial charge in [0.25, 0.3) is 0 Å². The predicted octanol–water partition coefficient (Wildman–Crippen LogP) is 4.12. The van der Waals surface area contributed by atoms with E-state index in [1.54, 1.807) is 0 Å². The quantitative estimate of drug-likeness (QED) is 0.529. The maximum atomic E-state index is 12.1. The average Bonchev–Trinajstić information content (AvgIpc) is 1.99. The fourth-order valence-corrected chi connectivity index (χ4v) is 1.39. The van der Waals surface area contributed by atoms with Gasteiger partial charge in [-0.2, -0.15) is 26.3 Å². The van der Waals surface area contributed by atoms with Crippen molar-refractivity contribution < 1.29 is 26.3 Å². The fraction of sp³-hybridized carbons (Fsp3) is 0.250. The molecule has 0 aliphatic heterocycles. The third-order valence-corrected chi connectivity index (χ3v) is 2.03. The summed E-state index contributed by atoms with van der Waals surface area (Å²) in [6, 6.07) is 3.91. The van der Waals surface area contributed by atoms with E-state index in [4.69, 9.17) is 0 Å². The first-order chi connectivity index (χ1) is 6.68. The van der Waals surface area contributed by atoms with Gasteiger partial charge in [0.1, 0.15) is 0 Å². The van der Waals surface area contributed by atoms with Gasteiger partial charge in [0.15, 0.2) is 0 Å². The van der Waals surface area contributed by atoms with Crippen molar-refractivity contribution in [3.05, 3.63) is 29.8 Å². The molecule has 0 aromatic heterocycles. The van der Waals surface area contributed by atoms with Crippen LogP contribution in [0.5, 0.6) is 0 Å². The number of rotatable bonds is 1. The first-order valence-corrected chi connectivity index (χ1v) is 4.34. The van der Waals surface area contributed by atoms with E-state index in [1.165, 1.54) is 0 Å². The number of alkyl halides is 6. The highest BCUT2D eigenvalue weighted by molar-refractivity contribution is 8.00. The molecule has 1 rings (SSSR count). The average molecular weight is 245 g/mol. The van der Waals surface area contributed by atoms with Gasteiger partial charge >= 0.3 is 11.7 Å². The summed E-state index contributed by atoms with van der Waals surface area (Å²) in [5.41, 5.74) is -5.74. The number of hydrogen-bond acceptors (Lipinski definition) is 1. The third kappa shape index (κ3) is 4.03. The minimum Gasteiger partial charge on any atom is -0.166 e. The minimum absolute atomic E-state index is 0.439. The highest BCUT2D eigenvalue weighted by Crippen LogP contribution is 2.39. The highest BCUT2D eigenvalue weighted by Gasteiger charge is 2.33. The lowest BCUT2D eigenvalue weighted by Crippen LogP contribution is -2.05. The summed E-state index contributed by atoms with van der Waals surface area (Å²) in [5, 5.41) is 0. The number of thioether (sulfide) groups is 1. The van der Waals surface area contributed by atoms with Crippen LogP contribution in [-0.2, 0) is 6.18 Å². The van der Waals surface area contributed by atoms with Gasteiger partial charge in [-0.1, -0.05) is 0 Å². The lowest BCUT2D eigenvalue weighted by atomic mass is 10.2. The lowest BCUT2D eigenvalue weighted by Gasteiger charge is -2.09. The molecule has 0 saturated heterocycles. The van der Waals surface area contributed by atoms with Crippen LogP contribution in [0.25, 0.3) is 0 Å². The normalized spacial score (nSPS) is 12.9. The van der Waals surface area contributed by atoms with E-state index in [0.717, 1.165) is 6.07 Å². The van der Waals surface area contributed by atoms with Crippen molar-refractivity contribution in [1.29, 1.82) is 0 Å². The van der Waals surface area contributed by atoms with E-state index in [2.05, 4.69) is 0 Å². The largest absolute Gasteiger partial charge is 0.446 e. The van der Waals surface area contributed by atoms with E-state index in [-0.39, 0.29) is 0 Å². The Labute approximate surface area is 85.3 Å². The molecule has 7 heteroatoms. The van der Waals surface area contributed by atoms with Gasteiger partial charge in [0.05, 0.1) is 5.56 Å². The van der Waals surface area contributed by atoms with Crippen LogP contribution >= 0.6 is 11.8 Å². The van der Waals surface area contributed by atoms with Crippen LogP contribution in [-0.4, -0.2) is 5.51 Å². The van der Waals surface area contributed by atoms with Crippen molar-refractivity contribution in [3.63, 3.8) is 0 Å². The third-order valence-electron chi connectivity index (χ3n) is 1.32. The SMILES string of the molecule is FC(F)(F)Sc1c[c]cc(C(F)(F)F)c1. The maximum absolute atomic E-state index is 12.1. The summed E-state index contributed by atoms with van der Waals surface area (Å²) in [7, 11) is 0. The zero-order chi connectivity index (χ0) is 11.7. The molecule has 15 heavy (non-hydrogen) atoms. The standard InChI is InChI=1S/C8H3F6S/c9-7(10,11)5-2-1-3-6(4-5)15-8(12,13)14/h2-4H. The molecule has 0 saturated carbocycles. The second kappa shape index (κ2) is 3.96. The van der Waals surface area contributed by atoms with E-state index in [9.17, 15) is 26.3 Å². The van der Waals surface area contributed by atoms with Gasteiger partial charge < -0.3 is 0 Å². The van der Waals surface area contributed by atoms with Crippen LogP contribution in [0.4, 0.5) is 26.3 Å². The zero-order valence-electron chi connectivity index (χ0n) is 6.91. The molecule has 0 heterocycles. The molecular weight excluding hydrogens is 242 g/mol. The molecule has 0 unspecified atom stereocenters. The molecular formula is C8H3F6S. The van der Waals surface area contributed by atoms with Crippen molar-refractivity contribution in [2.75, 3.05) is 0 Å². The Morgan fingerprint density at radius 1 is 1.00 bits per heavy atom. The van der Waals surface area contributed by atoms with Crippen LogP contribution in [0.3, 0.4) is 0 Å². The smallest absolute Gasteiger partial charge is 0.166 e. The van der Waals surface area contributed by atoms with Crippen LogP contribution in [0, 0.1) is 6.07 Å². The van der Waals surface area contributed by atoms with Crippen molar-refractivity contribution in [1.82, 2.24) is 0 Å². The van der Waals surface area contributed by atoms with Gasteiger partial charge in [0, 0.05) is 4.90 Å². The molecule has 1 radical (unpaired) electrons. The summed E-state index contributed by atoms with van der Waals surface area (Å²) in [6.45, 7) is 0. The second-order valence-electron chi connectivity index (χ2n) is 2.50. The molecule has 83 valence electrons. The van der Waals surface area contributed by atoms with Gasteiger partial charge in [-0.15, -0.1) is 0 Å². The predicted molar refractivity (Wildman–Crippen MR) is 42.2 cm³/mol. The Morgan fingerprint density at radius 2 is 1.60 bits per heavy atom. The van der Waals surface area contributed by atoms with Crippen LogP contribution in [0.1, 0.15) is 5.56 Å². The number of benzene rings is 1. The van der Waals surface area contributed by atoms with E-state index < -0.39 is 33.9 Å². The molecule has 0 nitrogen and oxygen atoms in total. The topological polar surface area (TPSA) is 0 Å². The lowest BCUT2D eigenvalue weighted by molar-refractivity contribution is -0.137. The van der Waals surface area contributed by atoms with Crippen molar-refractivity contribution in [3.8, 4) is 0 Å². The second-order valence-corrected chi connectivity index (χ2v) is 3.64. The summed E-state index contributed by atoms with van der Waals surface area (Å²) in [6.07, 6.45) is -4.65. The summed E-state index contributed by atoms with van der Waals surface area (Å²) < 4.78 is 71.8. The zero-order valence-corrected chi connectivity index (χ0v) is 7.72. The Morgan fingerprint density at radius 3 is 2.07 bits per heavy atom. The molecule has 0 spiro atoms. The van der Waals surface area contributed by atoms with E-state index >= 15 is 0 Å². The van der Waals surface area contributed by atoms with Gasteiger partial charge in [-0.25, -0.2) is 0 Å². The van der Waals surface area contributed by atoms with Gasteiger partial charge in [0.2, 0.25) is 0 Å². The molecule has 1 aromatic carbocycles. The summed E-state index contributed by atoms with van der Waals surface area (Å²) >= 11 is -0.600. The first kappa shape index (κ1) is 12.2. The van der Waals surface area contributed by atoms with Crippen LogP contribution < -0.4 is 0 Å². The molecule has 0 aliphatic carbocycles. The fourth-order valence-electron chi connectivity index (χ4n) is 0.806. The Kier molecular flexibility index (Phi) is 3.22. The van der Waals surface area contributed by atoms with Crippen molar-refractivity contribution in [2.45, 2.75) is 16.6 Å². The molecule has 0 N–H and O–H groups in total. The maximum Gasteiger partial charge on any atom is 0.446 e. The van der Waals surface area contributed by atoms with E-state index in [1.807, 2.05) is 6.07 Å². The molecule has 0 amide bonds. The van der Waals surface area contributed by atoms with E-state index in [0.29, 0.717) is 12.1 Å². The van der Waals surface area contributed by atoms with Crippen molar-refractivity contribution >= 4 is 11.8 Å². The van der Waals surface area contributed by atoms with Crippen LogP contribution in [0.2, 0.25) is 0 Å².